The SMILES string of the molecule is CONCc1cc(F)c(F)cc1N(C)C. The molecule has 0 unspecified atom stereocenters. The van der Waals surface area contributed by atoms with Crippen LogP contribution >= 0.6 is 0 Å². The Hall–Kier alpha value is -1.20. The van der Waals surface area contributed by atoms with Gasteiger partial charge in [-0.25, -0.2) is 8.78 Å². The number of hydrogen-bond acceptors (Lipinski definition) is 3. The third kappa shape index (κ3) is 2.87. The van der Waals surface area contributed by atoms with Crippen LogP contribution in [0.1, 0.15) is 5.56 Å². The minimum Gasteiger partial charge on any atom is -0.377 e. The van der Waals surface area contributed by atoms with Gasteiger partial charge in [0.2, 0.25) is 0 Å². The van der Waals surface area contributed by atoms with Gasteiger partial charge in [0, 0.05) is 32.4 Å². The van der Waals surface area contributed by atoms with Crippen LogP contribution in [0, 0.1) is 11.6 Å². The highest BCUT2D eigenvalue weighted by Crippen LogP contribution is 2.22. The van der Waals surface area contributed by atoms with Crippen molar-refractivity contribution in [1.29, 1.82) is 0 Å². The molecule has 0 heterocycles. The van der Waals surface area contributed by atoms with Crippen molar-refractivity contribution in [2.75, 3.05) is 26.1 Å². The zero-order valence-corrected chi connectivity index (χ0v) is 8.97. The zero-order chi connectivity index (χ0) is 11.4. The third-order valence-corrected chi connectivity index (χ3v) is 2.01. The van der Waals surface area contributed by atoms with Gasteiger partial charge >= 0.3 is 0 Å². The first-order valence-electron chi connectivity index (χ1n) is 4.47. The molecule has 0 radical (unpaired) electrons. The highest BCUT2D eigenvalue weighted by molar-refractivity contribution is 5.53. The molecule has 3 nitrogen and oxygen atoms in total. The van der Waals surface area contributed by atoms with Gasteiger partial charge in [-0.05, 0) is 11.6 Å². The van der Waals surface area contributed by atoms with E-state index in [2.05, 4.69) is 10.3 Å². The summed E-state index contributed by atoms with van der Waals surface area (Å²) in [5.74, 6) is -1.70. The van der Waals surface area contributed by atoms with E-state index in [1.807, 2.05) is 0 Å². The highest BCUT2D eigenvalue weighted by atomic mass is 19.2. The summed E-state index contributed by atoms with van der Waals surface area (Å²) >= 11 is 0. The molecule has 0 aliphatic heterocycles. The maximum atomic E-state index is 13.0. The quantitative estimate of drug-likeness (QED) is 0.775. The maximum absolute atomic E-state index is 13.0. The van der Waals surface area contributed by atoms with Gasteiger partial charge in [0.05, 0.1) is 7.11 Å². The van der Waals surface area contributed by atoms with Gasteiger partial charge in [0.1, 0.15) is 0 Å². The summed E-state index contributed by atoms with van der Waals surface area (Å²) in [7, 11) is 5.00. The summed E-state index contributed by atoms with van der Waals surface area (Å²) in [4.78, 5) is 6.38. The Morgan fingerprint density at radius 3 is 2.40 bits per heavy atom. The fourth-order valence-corrected chi connectivity index (χ4v) is 1.29. The van der Waals surface area contributed by atoms with Crippen LogP contribution in [0.2, 0.25) is 0 Å². The number of nitrogens with one attached hydrogen (secondary N) is 1. The number of hydrogen-bond donors (Lipinski definition) is 1. The first kappa shape index (κ1) is 11.9. The maximum Gasteiger partial charge on any atom is 0.160 e. The molecule has 1 aromatic rings. The minimum absolute atomic E-state index is 0.321. The molecule has 0 amide bonds. The van der Waals surface area contributed by atoms with E-state index < -0.39 is 11.6 Å². The van der Waals surface area contributed by atoms with Crippen molar-refractivity contribution in [1.82, 2.24) is 5.48 Å². The van der Waals surface area contributed by atoms with Crippen molar-refractivity contribution in [3.8, 4) is 0 Å². The summed E-state index contributed by atoms with van der Waals surface area (Å²) < 4.78 is 26.0. The Balaban J connectivity index is 3.04. The van der Waals surface area contributed by atoms with Crippen molar-refractivity contribution in [3.63, 3.8) is 0 Å². The molecule has 84 valence electrons. The smallest absolute Gasteiger partial charge is 0.160 e. The van der Waals surface area contributed by atoms with E-state index in [9.17, 15) is 8.78 Å². The number of benzene rings is 1. The highest BCUT2D eigenvalue weighted by Gasteiger charge is 2.10. The lowest BCUT2D eigenvalue weighted by Gasteiger charge is -2.17. The molecule has 1 aromatic carbocycles. The van der Waals surface area contributed by atoms with E-state index in [-0.39, 0.29) is 0 Å². The van der Waals surface area contributed by atoms with Gasteiger partial charge in [-0.2, -0.15) is 5.48 Å². The lowest BCUT2D eigenvalue weighted by Crippen LogP contribution is -2.17. The van der Waals surface area contributed by atoms with Gasteiger partial charge in [0.15, 0.2) is 11.6 Å². The Morgan fingerprint density at radius 1 is 1.27 bits per heavy atom. The van der Waals surface area contributed by atoms with Crippen LogP contribution in [0.5, 0.6) is 0 Å². The first-order valence-corrected chi connectivity index (χ1v) is 4.47. The van der Waals surface area contributed by atoms with Crippen LogP contribution in [-0.2, 0) is 11.4 Å². The minimum atomic E-state index is -0.853. The van der Waals surface area contributed by atoms with Crippen molar-refractivity contribution in [2.45, 2.75) is 6.54 Å². The number of nitrogens with zero attached hydrogens (tertiary/aromatic N) is 1. The van der Waals surface area contributed by atoms with Gasteiger partial charge in [-0.15, -0.1) is 0 Å². The Labute approximate surface area is 87.6 Å². The van der Waals surface area contributed by atoms with Crippen LogP contribution in [-0.4, -0.2) is 21.2 Å². The zero-order valence-electron chi connectivity index (χ0n) is 8.97. The van der Waals surface area contributed by atoms with Crippen LogP contribution in [0.4, 0.5) is 14.5 Å². The van der Waals surface area contributed by atoms with Crippen molar-refractivity contribution >= 4 is 5.69 Å². The van der Waals surface area contributed by atoms with E-state index in [1.54, 1.807) is 19.0 Å². The molecule has 1 rings (SSSR count). The van der Waals surface area contributed by atoms with Crippen molar-refractivity contribution < 1.29 is 13.6 Å². The topological polar surface area (TPSA) is 24.5 Å². The average molecular weight is 216 g/mol. The normalized spacial score (nSPS) is 10.5. The van der Waals surface area contributed by atoms with E-state index in [1.165, 1.54) is 13.2 Å². The summed E-state index contributed by atoms with van der Waals surface area (Å²) in [6.45, 7) is 0.321. The first-order chi connectivity index (χ1) is 7.06. The molecule has 5 heteroatoms. The molecule has 0 saturated heterocycles. The Morgan fingerprint density at radius 2 is 1.87 bits per heavy atom. The number of hydroxylamine groups is 1. The largest absolute Gasteiger partial charge is 0.377 e. The summed E-state index contributed by atoms with van der Waals surface area (Å²) in [6, 6.07) is 2.33. The Kier molecular flexibility index (Phi) is 3.99. The van der Waals surface area contributed by atoms with Gasteiger partial charge in [0.25, 0.3) is 0 Å². The number of anilines is 1. The molecule has 0 atom stereocenters. The second kappa shape index (κ2) is 5.04. The molecule has 0 aliphatic rings. The molecule has 0 aliphatic carbocycles. The lowest BCUT2D eigenvalue weighted by molar-refractivity contribution is 0.0867. The third-order valence-electron chi connectivity index (χ3n) is 2.01. The lowest BCUT2D eigenvalue weighted by atomic mass is 10.1. The van der Waals surface area contributed by atoms with Crippen LogP contribution in [0.3, 0.4) is 0 Å². The predicted octanol–water partition coefficient (Wildman–Crippen LogP) is 1.68. The number of halogens is 2. The second-order valence-electron chi connectivity index (χ2n) is 3.31. The monoisotopic (exact) mass is 216 g/mol. The standard InChI is InChI=1S/C10H14F2N2O/c1-14(2)10-5-9(12)8(11)4-7(10)6-13-15-3/h4-5,13H,6H2,1-3H3. The molecule has 0 saturated carbocycles. The molecule has 0 bridgehead atoms. The fraction of sp³-hybridized carbons (Fsp3) is 0.400. The fourth-order valence-electron chi connectivity index (χ4n) is 1.29. The van der Waals surface area contributed by atoms with E-state index in [0.717, 1.165) is 6.07 Å². The molecule has 15 heavy (non-hydrogen) atoms. The van der Waals surface area contributed by atoms with Crippen LogP contribution in [0.25, 0.3) is 0 Å². The van der Waals surface area contributed by atoms with Crippen LogP contribution in [0.15, 0.2) is 12.1 Å². The molecule has 0 aromatic heterocycles. The second-order valence-corrected chi connectivity index (χ2v) is 3.31. The van der Waals surface area contributed by atoms with E-state index in [4.69, 9.17) is 0 Å². The average Bonchev–Trinajstić information content (AvgIpc) is 2.19. The van der Waals surface area contributed by atoms with E-state index in [0.29, 0.717) is 17.8 Å². The number of rotatable bonds is 4. The van der Waals surface area contributed by atoms with Crippen molar-refractivity contribution in [2.24, 2.45) is 0 Å². The summed E-state index contributed by atoms with van der Waals surface area (Å²) in [5.41, 5.74) is 3.85. The van der Waals surface area contributed by atoms with E-state index >= 15 is 0 Å². The van der Waals surface area contributed by atoms with Gasteiger partial charge in [-0.1, -0.05) is 0 Å². The van der Waals surface area contributed by atoms with Gasteiger partial charge < -0.3 is 9.74 Å². The summed E-state index contributed by atoms with van der Waals surface area (Å²) in [5, 5.41) is 0. The Bertz CT molecular complexity index is 342. The molecule has 1 N–H and O–H groups in total. The summed E-state index contributed by atoms with van der Waals surface area (Å²) in [6.07, 6.45) is 0. The van der Waals surface area contributed by atoms with Gasteiger partial charge in [-0.3, -0.25) is 0 Å². The van der Waals surface area contributed by atoms with Crippen molar-refractivity contribution in [3.05, 3.63) is 29.3 Å². The molecular formula is C10H14F2N2O. The molecular weight excluding hydrogens is 202 g/mol. The molecule has 0 spiro atoms. The molecule has 0 fully saturated rings. The van der Waals surface area contributed by atoms with Crippen LogP contribution < -0.4 is 10.4 Å². The predicted molar refractivity (Wildman–Crippen MR) is 54.5 cm³/mol.